The molecule has 244 valence electrons. The van der Waals surface area contributed by atoms with Gasteiger partial charge in [-0.05, 0) is 107 Å². The van der Waals surface area contributed by atoms with Crippen LogP contribution in [0.25, 0.3) is 0 Å². The lowest BCUT2D eigenvalue weighted by Crippen LogP contribution is -2.37. The zero-order valence-corrected chi connectivity index (χ0v) is 36.8. The highest BCUT2D eigenvalue weighted by Crippen LogP contribution is 2.55. The number of rotatable bonds is 12. The summed E-state index contributed by atoms with van der Waals surface area (Å²) in [6.07, 6.45) is 4.45. The summed E-state index contributed by atoms with van der Waals surface area (Å²) in [7, 11) is -0.557. The average Bonchev–Trinajstić information content (AvgIpc) is 2.84. The maximum atomic E-state index is 6.64. The van der Waals surface area contributed by atoms with Crippen molar-refractivity contribution in [1.29, 1.82) is 0 Å². The third kappa shape index (κ3) is 19.5. The van der Waals surface area contributed by atoms with Crippen molar-refractivity contribution in [3.05, 3.63) is 70.8 Å². The largest absolute Gasteiger partial charge is 0.273 e. The van der Waals surface area contributed by atoms with E-state index in [1.807, 2.05) is 0 Å². The molecule has 0 amide bonds. The van der Waals surface area contributed by atoms with Gasteiger partial charge in [-0.15, -0.1) is 7.92 Å². The highest BCUT2D eigenvalue weighted by atomic mass is 35.9. The molecule has 0 N–H and O–H groups in total. The Morgan fingerprint density at radius 2 is 0.952 bits per heavy atom. The van der Waals surface area contributed by atoms with Crippen molar-refractivity contribution in [3.63, 3.8) is 0 Å². The van der Waals surface area contributed by atoms with Crippen molar-refractivity contribution in [3.8, 4) is 0 Å². The molecule has 0 aliphatic rings. The van der Waals surface area contributed by atoms with Crippen LogP contribution in [0.5, 0.6) is 0 Å². The second-order valence-corrected chi connectivity index (χ2v) is 24.3. The molecular formula is C31H59Cl3N2P6. The minimum Gasteiger partial charge on any atom is -0.273 e. The predicted octanol–water partition coefficient (Wildman–Crippen LogP) is 12.4. The van der Waals surface area contributed by atoms with Crippen LogP contribution in [0.4, 0.5) is 0 Å². The first-order valence-corrected chi connectivity index (χ1v) is 24.0. The number of nitrogens with zero attached hydrogens (tertiary/aromatic N) is 2. The SMILES string of the molecule is Cc1ccc(CN(P(C)CCP(C)C)C(C)(C)C)cc1.Cc1ccc(CN(P(Cl)CCP(Cl)Cl)C(C)(C)C)cc1.P.P. The van der Waals surface area contributed by atoms with E-state index in [-0.39, 0.29) is 46.9 Å². The Labute approximate surface area is 286 Å². The molecule has 0 fully saturated rings. The Bertz CT molecular complexity index is 885. The number of aryl methyl sites for hydroxylation is 2. The van der Waals surface area contributed by atoms with Gasteiger partial charge in [0.1, 0.15) is 0 Å². The lowest BCUT2D eigenvalue weighted by molar-refractivity contribution is 0.257. The van der Waals surface area contributed by atoms with Crippen LogP contribution < -0.4 is 0 Å². The van der Waals surface area contributed by atoms with Gasteiger partial charge in [0.05, 0.1) is 14.1 Å². The molecule has 0 aliphatic heterocycles. The van der Waals surface area contributed by atoms with E-state index >= 15 is 0 Å². The summed E-state index contributed by atoms with van der Waals surface area (Å²) < 4.78 is 5.08. The maximum Gasteiger partial charge on any atom is 0.0859 e. The van der Waals surface area contributed by atoms with Crippen LogP contribution in [0.3, 0.4) is 0 Å². The fourth-order valence-corrected chi connectivity index (χ4v) is 13.8. The van der Waals surface area contributed by atoms with E-state index in [1.54, 1.807) is 0 Å². The van der Waals surface area contributed by atoms with Crippen LogP contribution in [0, 0.1) is 13.8 Å². The van der Waals surface area contributed by atoms with Crippen molar-refractivity contribution in [2.45, 2.75) is 79.6 Å². The Morgan fingerprint density at radius 1 is 0.571 bits per heavy atom. The molecule has 2 aromatic rings. The van der Waals surface area contributed by atoms with Gasteiger partial charge in [0, 0.05) is 36.5 Å². The van der Waals surface area contributed by atoms with Crippen LogP contribution in [0.2, 0.25) is 0 Å². The summed E-state index contributed by atoms with van der Waals surface area (Å²) in [5, 5.41) is 0. The molecule has 2 nitrogen and oxygen atoms in total. The first-order chi connectivity index (χ1) is 18.4. The van der Waals surface area contributed by atoms with Gasteiger partial charge in [-0.25, -0.2) is 0 Å². The number of hydrogen-bond donors (Lipinski definition) is 0. The second kappa shape index (κ2) is 22.4. The van der Waals surface area contributed by atoms with E-state index in [9.17, 15) is 0 Å². The van der Waals surface area contributed by atoms with Gasteiger partial charge < -0.3 is 0 Å². The number of hydrogen-bond acceptors (Lipinski definition) is 2. The molecule has 0 aromatic heterocycles. The van der Waals surface area contributed by atoms with Gasteiger partial charge in [0.15, 0.2) is 0 Å². The van der Waals surface area contributed by atoms with Gasteiger partial charge in [0.25, 0.3) is 0 Å². The van der Waals surface area contributed by atoms with Crippen LogP contribution in [0.1, 0.15) is 63.8 Å². The fourth-order valence-electron chi connectivity index (χ4n) is 3.99. The second-order valence-electron chi connectivity index (χ2n) is 12.7. The zero-order chi connectivity index (χ0) is 30.7. The monoisotopic (exact) mass is 750 g/mol. The van der Waals surface area contributed by atoms with E-state index in [4.69, 9.17) is 33.7 Å². The molecule has 0 radical (unpaired) electrons. The molecule has 0 spiro atoms. The Morgan fingerprint density at radius 3 is 1.29 bits per heavy atom. The van der Waals surface area contributed by atoms with Crippen molar-refractivity contribution in [2.75, 3.05) is 44.6 Å². The van der Waals surface area contributed by atoms with Gasteiger partial charge in [-0.3, -0.25) is 9.34 Å². The summed E-state index contributed by atoms with van der Waals surface area (Å²) in [4.78, 5) is 0. The molecular weight excluding hydrogens is 693 g/mol. The lowest BCUT2D eigenvalue weighted by atomic mass is 10.1. The average molecular weight is 752 g/mol. The Balaban J connectivity index is 0. The third-order valence-electron chi connectivity index (χ3n) is 6.45. The molecule has 0 heterocycles. The molecule has 2 rings (SSSR count). The lowest BCUT2D eigenvalue weighted by Gasteiger charge is -2.40. The van der Waals surface area contributed by atoms with Crippen molar-refractivity contribution in [2.24, 2.45) is 0 Å². The highest BCUT2D eigenvalue weighted by Gasteiger charge is 2.28. The molecule has 0 saturated heterocycles. The maximum absolute atomic E-state index is 6.64. The smallest absolute Gasteiger partial charge is 0.0859 e. The molecule has 4 atom stereocenters. The van der Waals surface area contributed by atoms with Gasteiger partial charge in [-0.2, -0.15) is 19.8 Å². The fraction of sp³-hybridized carbons (Fsp3) is 0.613. The minimum atomic E-state index is -0.908. The van der Waals surface area contributed by atoms with Crippen molar-refractivity contribution in [1.82, 2.24) is 9.34 Å². The summed E-state index contributed by atoms with van der Waals surface area (Å²) in [6, 6.07) is 17.6. The molecule has 42 heavy (non-hydrogen) atoms. The molecule has 0 bridgehead atoms. The normalized spacial score (nSPS) is 13.4. The minimum absolute atomic E-state index is 0. The third-order valence-corrected chi connectivity index (χ3v) is 15.2. The van der Waals surface area contributed by atoms with E-state index in [1.165, 1.54) is 34.6 Å². The summed E-state index contributed by atoms with van der Waals surface area (Å²) in [5.74, 6) is 0. The zero-order valence-electron chi connectivity index (χ0n) is 28.1. The summed E-state index contributed by atoms with van der Waals surface area (Å²) in [6.45, 7) is 26.2. The van der Waals surface area contributed by atoms with Crippen LogP contribution in [-0.4, -0.2) is 65.1 Å². The van der Waals surface area contributed by atoms with Crippen molar-refractivity contribution < 1.29 is 0 Å². The van der Waals surface area contributed by atoms with Crippen molar-refractivity contribution >= 4 is 83.6 Å². The van der Waals surface area contributed by atoms with Gasteiger partial charge in [-0.1, -0.05) is 93.4 Å². The number of halogens is 3. The number of benzene rings is 2. The van der Waals surface area contributed by atoms with Gasteiger partial charge in [0.2, 0.25) is 0 Å². The summed E-state index contributed by atoms with van der Waals surface area (Å²) in [5.41, 5.74) is 5.62. The van der Waals surface area contributed by atoms with E-state index in [2.05, 4.69) is 133 Å². The topological polar surface area (TPSA) is 6.48 Å². The standard InChI is InChI=1S/C17H31NP2.C14H22Cl3NP2.2H3P/c1-15-8-10-16(11-9-15)14-18(17(2,3)4)20(7)13-12-19(5)6;1-12-5-7-13(8-6-12)11-18(14(2,3)4)20(17)10-9-19(15)16;;/h8-11H,12-14H2,1-7H3;5-8H,9-11H2,1-4H3;2*1H3. The Kier molecular flexibility index (Phi) is 24.5. The first-order valence-electron chi connectivity index (χ1n) is 13.9. The summed E-state index contributed by atoms with van der Waals surface area (Å²) >= 11 is 18.4. The first kappa shape index (κ1) is 45.9. The quantitative estimate of drug-likeness (QED) is 0.199. The Hall–Kier alpha value is 1.81. The van der Waals surface area contributed by atoms with Crippen LogP contribution in [-0.2, 0) is 13.1 Å². The molecule has 2 aromatic carbocycles. The molecule has 0 saturated carbocycles. The molecule has 4 unspecified atom stereocenters. The van der Waals surface area contributed by atoms with Crippen LogP contribution >= 0.6 is 83.6 Å². The van der Waals surface area contributed by atoms with Crippen LogP contribution in [0.15, 0.2) is 48.5 Å². The van der Waals surface area contributed by atoms with E-state index < -0.39 is 14.1 Å². The predicted molar refractivity (Wildman–Crippen MR) is 218 cm³/mol. The van der Waals surface area contributed by atoms with Gasteiger partial charge >= 0.3 is 0 Å². The molecule has 11 heteroatoms. The highest BCUT2D eigenvalue weighted by molar-refractivity contribution is 8.04. The van der Waals surface area contributed by atoms with E-state index in [0.29, 0.717) is 0 Å². The van der Waals surface area contributed by atoms with E-state index in [0.717, 1.165) is 25.4 Å². The molecule has 0 aliphatic carbocycles.